The highest BCUT2D eigenvalue weighted by Gasteiger charge is 2.24. The van der Waals surface area contributed by atoms with Gasteiger partial charge in [0.1, 0.15) is 6.04 Å². The van der Waals surface area contributed by atoms with Crippen molar-refractivity contribution in [1.82, 2.24) is 21.5 Å². The molecule has 0 aliphatic rings. The summed E-state index contributed by atoms with van der Waals surface area (Å²) >= 11 is 0. The molecule has 5 amide bonds. The van der Waals surface area contributed by atoms with Crippen LogP contribution in [0.25, 0.3) is 0 Å². The number of hydrogen-bond donors (Lipinski definition) is 5. The fourth-order valence-corrected chi connectivity index (χ4v) is 1.27. The molecule has 114 valence electrons. The van der Waals surface area contributed by atoms with E-state index >= 15 is 0 Å². The van der Waals surface area contributed by atoms with Crippen molar-refractivity contribution in [3.63, 3.8) is 0 Å². The van der Waals surface area contributed by atoms with E-state index in [1.54, 1.807) is 27.7 Å². The molecule has 0 fully saturated rings. The second-order valence-electron chi connectivity index (χ2n) is 4.80. The number of carbonyl (C=O) groups is 4. The maximum absolute atomic E-state index is 11.7. The molecule has 0 aromatic heterocycles. The average Bonchev–Trinajstić information content (AvgIpc) is 2.31. The van der Waals surface area contributed by atoms with Gasteiger partial charge >= 0.3 is 17.8 Å². The number of carbonyl (C=O) groups excluding carboxylic acids is 4. The van der Waals surface area contributed by atoms with Crippen LogP contribution in [0.5, 0.6) is 0 Å². The minimum Gasteiger partial charge on any atom is -0.352 e. The highest BCUT2D eigenvalue weighted by Crippen LogP contribution is 2.00. The van der Waals surface area contributed by atoms with E-state index in [9.17, 15) is 19.2 Å². The summed E-state index contributed by atoms with van der Waals surface area (Å²) in [5.74, 6) is -2.80. The molecule has 0 saturated heterocycles. The SMILES string of the molecule is CC(C)NC(=O)C(=O)NNC(=O)[C@@H](NC(N)=O)C(C)C. The Morgan fingerprint density at radius 3 is 1.80 bits per heavy atom. The average molecular weight is 287 g/mol. The van der Waals surface area contributed by atoms with E-state index in [0.717, 1.165) is 0 Å². The van der Waals surface area contributed by atoms with Gasteiger partial charge in [0.15, 0.2) is 0 Å². The topological polar surface area (TPSA) is 142 Å². The number of rotatable bonds is 4. The third-order valence-electron chi connectivity index (χ3n) is 2.17. The highest BCUT2D eigenvalue weighted by molar-refractivity contribution is 6.35. The standard InChI is InChI=1S/C11H21N5O4/c1-5(2)7(14-11(12)20)8(17)15-16-10(19)9(18)13-6(3)4/h5-7H,1-4H3,(H,13,18)(H,15,17)(H,16,19)(H3,12,14,20)/t7-/m0/s1. The lowest BCUT2D eigenvalue weighted by Crippen LogP contribution is -2.57. The molecule has 6 N–H and O–H groups in total. The van der Waals surface area contributed by atoms with Gasteiger partial charge in [-0.25, -0.2) is 4.79 Å². The first-order valence-corrected chi connectivity index (χ1v) is 6.11. The quantitative estimate of drug-likeness (QED) is 0.312. The summed E-state index contributed by atoms with van der Waals surface area (Å²) in [5.41, 5.74) is 8.95. The normalized spacial score (nSPS) is 11.7. The molecule has 0 aliphatic heterocycles. The van der Waals surface area contributed by atoms with Crippen molar-refractivity contribution in [3.8, 4) is 0 Å². The van der Waals surface area contributed by atoms with E-state index in [2.05, 4.69) is 16.1 Å². The minimum atomic E-state index is -1.01. The van der Waals surface area contributed by atoms with E-state index < -0.39 is 29.8 Å². The molecule has 0 saturated carbocycles. The van der Waals surface area contributed by atoms with E-state index in [0.29, 0.717) is 0 Å². The van der Waals surface area contributed by atoms with Gasteiger partial charge in [0.25, 0.3) is 5.91 Å². The Bertz CT molecular complexity index is 394. The lowest BCUT2D eigenvalue weighted by atomic mass is 10.0. The summed E-state index contributed by atoms with van der Waals surface area (Å²) in [4.78, 5) is 45.1. The maximum Gasteiger partial charge on any atom is 0.327 e. The monoisotopic (exact) mass is 287 g/mol. The van der Waals surface area contributed by atoms with Crippen LogP contribution in [0.15, 0.2) is 0 Å². The summed E-state index contributed by atoms with van der Waals surface area (Å²) in [6, 6.07) is -1.98. The van der Waals surface area contributed by atoms with Crippen LogP contribution in [0.1, 0.15) is 27.7 Å². The van der Waals surface area contributed by atoms with Gasteiger partial charge in [-0.3, -0.25) is 25.2 Å². The Morgan fingerprint density at radius 1 is 0.850 bits per heavy atom. The van der Waals surface area contributed by atoms with Gasteiger partial charge in [-0.2, -0.15) is 0 Å². The number of primary amides is 1. The second-order valence-corrected chi connectivity index (χ2v) is 4.80. The van der Waals surface area contributed by atoms with Crippen LogP contribution in [0.4, 0.5) is 4.79 Å². The Labute approximate surface area is 117 Å². The summed E-state index contributed by atoms with van der Waals surface area (Å²) in [6.45, 7) is 6.76. The lowest BCUT2D eigenvalue weighted by molar-refractivity contribution is -0.141. The summed E-state index contributed by atoms with van der Waals surface area (Å²) in [6.07, 6.45) is 0. The Kier molecular flexibility index (Phi) is 7.05. The molecule has 0 aliphatic carbocycles. The molecular weight excluding hydrogens is 266 g/mol. The van der Waals surface area contributed by atoms with Gasteiger partial charge in [-0.05, 0) is 19.8 Å². The Balaban J connectivity index is 4.41. The lowest BCUT2D eigenvalue weighted by Gasteiger charge is -2.20. The summed E-state index contributed by atoms with van der Waals surface area (Å²) in [5, 5.41) is 4.60. The fourth-order valence-electron chi connectivity index (χ4n) is 1.27. The molecule has 1 atom stereocenters. The van der Waals surface area contributed by atoms with Crippen molar-refractivity contribution < 1.29 is 19.2 Å². The molecule has 0 unspecified atom stereocenters. The largest absolute Gasteiger partial charge is 0.352 e. The van der Waals surface area contributed by atoms with Gasteiger partial charge in [0.05, 0.1) is 0 Å². The number of nitrogens with one attached hydrogen (secondary N) is 4. The number of hydrazine groups is 1. The second kappa shape index (κ2) is 7.97. The molecular formula is C11H21N5O4. The molecule has 0 aromatic carbocycles. The van der Waals surface area contributed by atoms with Crippen LogP contribution >= 0.6 is 0 Å². The van der Waals surface area contributed by atoms with Crippen LogP contribution in [0.3, 0.4) is 0 Å². The van der Waals surface area contributed by atoms with Crippen molar-refractivity contribution in [1.29, 1.82) is 0 Å². The van der Waals surface area contributed by atoms with E-state index in [1.807, 2.05) is 5.43 Å². The zero-order valence-corrected chi connectivity index (χ0v) is 11.9. The first kappa shape index (κ1) is 17.7. The number of urea groups is 1. The summed E-state index contributed by atoms with van der Waals surface area (Å²) < 4.78 is 0. The number of amides is 5. The van der Waals surface area contributed by atoms with Crippen LogP contribution < -0.4 is 27.2 Å². The molecule has 20 heavy (non-hydrogen) atoms. The fraction of sp³-hybridized carbons (Fsp3) is 0.636. The predicted molar refractivity (Wildman–Crippen MR) is 70.9 cm³/mol. The Morgan fingerprint density at radius 2 is 1.40 bits per heavy atom. The minimum absolute atomic E-state index is 0.205. The predicted octanol–water partition coefficient (Wildman–Crippen LogP) is -1.65. The van der Waals surface area contributed by atoms with E-state index in [4.69, 9.17) is 5.73 Å². The molecule has 0 spiro atoms. The van der Waals surface area contributed by atoms with E-state index in [-0.39, 0.29) is 12.0 Å². The number of hydrogen-bond acceptors (Lipinski definition) is 4. The molecule has 0 aromatic rings. The third kappa shape index (κ3) is 6.57. The maximum atomic E-state index is 11.7. The van der Waals surface area contributed by atoms with Crippen LogP contribution in [-0.4, -0.2) is 35.8 Å². The molecule has 0 rings (SSSR count). The molecule has 0 bridgehead atoms. The number of nitrogens with two attached hydrogens (primary N) is 1. The molecule has 9 heteroatoms. The van der Waals surface area contributed by atoms with Crippen molar-refractivity contribution in [2.45, 2.75) is 39.8 Å². The molecule has 9 nitrogen and oxygen atoms in total. The zero-order chi connectivity index (χ0) is 15.9. The van der Waals surface area contributed by atoms with Gasteiger partial charge in [0.2, 0.25) is 0 Å². The smallest absolute Gasteiger partial charge is 0.327 e. The first-order chi connectivity index (χ1) is 9.15. The van der Waals surface area contributed by atoms with Crippen molar-refractivity contribution in [2.75, 3.05) is 0 Å². The van der Waals surface area contributed by atoms with Gasteiger partial charge < -0.3 is 16.4 Å². The van der Waals surface area contributed by atoms with Crippen LogP contribution in [0, 0.1) is 5.92 Å². The highest BCUT2D eigenvalue weighted by atomic mass is 16.2. The zero-order valence-electron chi connectivity index (χ0n) is 11.9. The van der Waals surface area contributed by atoms with Gasteiger partial charge in [0, 0.05) is 6.04 Å². The van der Waals surface area contributed by atoms with Crippen molar-refractivity contribution >= 4 is 23.8 Å². The Hall–Kier alpha value is -2.32. The van der Waals surface area contributed by atoms with Gasteiger partial charge in [-0.1, -0.05) is 13.8 Å². The molecule has 0 radical (unpaired) electrons. The third-order valence-corrected chi connectivity index (χ3v) is 2.17. The van der Waals surface area contributed by atoms with Crippen molar-refractivity contribution in [2.24, 2.45) is 11.7 Å². The van der Waals surface area contributed by atoms with Crippen molar-refractivity contribution in [3.05, 3.63) is 0 Å². The molecule has 0 heterocycles. The van der Waals surface area contributed by atoms with E-state index in [1.165, 1.54) is 0 Å². The first-order valence-electron chi connectivity index (χ1n) is 6.11. The van der Waals surface area contributed by atoms with Gasteiger partial charge in [-0.15, -0.1) is 0 Å². The van der Waals surface area contributed by atoms with Crippen LogP contribution in [0.2, 0.25) is 0 Å². The van der Waals surface area contributed by atoms with Crippen LogP contribution in [-0.2, 0) is 14.4 Å². The summed E-state index contributed by atoms with van der Waals surface area (Å²) in [7, 11) is 0.